The Morgan fingerprint density at radius 3 is 2.35 bits per heavy atom. The monoisotopic (exact) mass is 276 g/mol. The Morgan fingerprint density at radius 2 is 1.70 bits per heavy atom. The lowest BCUT2D eigenvalue weighted by atomic mass is 10.0. The highest BCUT2D eigenvalue weighted by atomic mass is 19.1. The third kappa shape index (κ3) is 3.63. The lowest BCUT2D eigenvalue weighted by molar-refractivity contribution is -0.117. The van der Waals surface area contributed by atoms with Gasteiger partial charge in [0.15, 0.2) is 0 Å². The van der Waals surface area contributed by atoms with Gasteiger partial charge in [0, 0.05) is 24.5 Å². The fourth-order valence-electron chi connectivity index (χ4n) is 2.06. The molecule has 0 fully saturated rings. The first-order valence-corrected chi connectivity index (χ1v) is 6.17. The highest BCUT2D eigenvalue weighted by molar-refractivity contribution is 5.83. The van der Waals surface area contributed by atoms with Gasteiger partial charge in [-0.05, 0) is 23.8 Å². The van der Waals surface area contributed by atoms with Gasteiger partial charge in [-0.25, -0.2) is 8.78 Å². The summed E-state index contributed by atoms with van der Waals surface area (Å²) in [5, 5.41) is 0. The SMILES string of the molecule is COc1ccccc1CC(=O)Cc1cc(F)cc(F)c1. The molecule has 0 saturated heterocycles. The number of Topliss-reactive ketones (excluding diaryl/α,β-unsaturated/α-hetero) is 1. The second-order valence-electron chi connectivity index (χ2n) is 4.48. The minimum absolute atomic E-state index is 0.00721. The number of methoxy groups -OCH3 is 1. The van der Waals surface area contributed by atoms with Crippen LogP contribution in [0.25, 0.3) is 0 Å². The number of hydrogen-bond acceptors (Lipinski definition) is 2. The molecule has 0 aliphatic heterocycles. The van der Waals surface area contributed by atoms with Crippen LogP contribution in [0.2, 0.25) is 0 Å². The predicted octanol–water partition coefficient (Wildman–Crippen LogP) is 3.33. The summed E-state index contributed by atoms with van der Waals surface area (Å²) in [5.41, 5.74) is 1.10. The summed E-state index contributed by atoms with van der Waals surface area (Å²) in [6.07, 6.45) is 0.162. The second-order valence-corrected chi connectivity index (χ2v) is 4.48. The average Bonchev–Trinajstić information content (AvgIpc) is 2.37. The summed E-state index contributed by atoms with van der Waals surface area (Å²) in [4.78, 5) is 12.0. The van der Waals surface area contributed by atoms with Gasteiger partial charge in [0.2, 0.25) is 0 Å². The van der Waals surface area contributed by atoms with E-state index >= 15 is 0 Å². The van der Waals surface area contributed by atoms with Crippen molar-refractivity contribution >= 4 is 5.78 Å². The summed E-state index contributed by atoms with van der Waals surface area (Å²) in [6.45, 7) is 0. The van der Waals surface area contributed by atoms with E-state index in [0.717, 1.165) is 11.6 Å². The van der Waals surface area contributed by atoms with Crippen LogP contribution in [-0.2, 0) is 17.6 Å². The normalized spacial score (nSPS) is 10.3. The zero-order valence-corrected chi connectivity index (χ0v) is 11.0. The second kappa shape index (κ2) is 6.28. The summed E-state index contributed by atoms with van der Waals surface area (Å²) < 4.78 is 31.3. The van der Waals surface area contributed by atoms with Crippen LogP contribution < -0.4 is 4.74 Å². The van der Waals surface area contributed by atoms with E-state index in [4.69, 9.17) is 4.74 Å². The zero-order valence-electron chi connectivity index (χ0n) is 11.0. The quantitative estimate of drug-likeness (QED) is 0.837. The van der Waals surface area contributed by atoms with Gasteiger partial charge in [0.25, 0.3) is 0 Å². The number of benzene rings is 2. The Bertz CT molecular complexity index is 603. The molecular weight excluding hydrogens is 262 g/mol. The molecule has 0 saturated carbocycles. The van der Waals surface area contributed by atoms with E-state index in [-0.39, 0.29) is 18.6 Å². The molecule has 0 spiro atoms. The van der Waals surface area contributed by atoms with Gasteiger partial charge in [-0.3, -0.25) is 4.79 Å². The van der Waals surface area contributed by atoms with Crippen molar-refractivity contribution in [3.8, 4) is 5.75 Å². The van der Waals surface area contributed by atoms with E-state index in [1.54, 1.807) is 12.1 Å². The van der Waals surface area contributed by atoms with E-state index in [1.165, 1.54) is 19.2 Å². The van der Waals surface area contributed by atoms with Crippen molar-refractivity contribution in [2.45, 2.75) is 12.8 Å². The summed E-state index contributed by atoms with van der Waals surface area (Å²) in [6, 6.07) is 10.3. The number of carbonyl (C=O) groups excluding carboxylic acids is 1. The van der Waals surface area contributed by atoms with Crippen LogP contribution in [0.1, 0.15) is 11.1 Å². The Hall–Kier alpha value is -2.23. The fraction of sp³-hybridized carbons (Fsp3) is 0.188. The largest absolute Gasteiger partial charge is 0.496 e. The third-order valence-corrected chi connectivity index (χ3v) is 2.90. The van der Waals surface area contributed by atoms with Crippen LogP contribution in [0.3, 0.4) is 0 Å². The van der Waals surface area contributed by atoms with Gasteiger partial charge in [-0.2, -0.15) is 0 Å². The van der Waals surface area contributed by atoms with Crippen molar-refractivity contribution in [2.24, 2.45) is 0 Å². The maximum Gasteiger partial charge on any atom is 0.141 e. The van der Waals surface area contributed by atoms with Crippen LogP contribution >= 0.6 is 0 Å². The maximum atomic E-state index is 13.1. The molecular formula is C16H14F2O2. The zero-order chi connectivity index (χ0) is 14.5. The first-order valence-electron chi connectivity index (χ1n) is 6.17. The number of carbonyl (C=O) groups is 1. The molecule has 0 amide bonds. The van der Waals surface area contributed by atoms with Gasteiger partial charge in [0.1, 0.15) is 23.2 Å². The van der Waals surface area contributed by atoms with Gasteiger partial charge in [0.05, 0.1) is 7.11 Å². The van der Waals surface area contributed by atoms with E-state index in [0.29, 0.717) is 11.3 Å². The molecule has 0 bridgehead atoms. The number of halogens is 2. The third-order valence-electron chi connectivity index (χ3n) is 2.90. The number of hydrogen-bond donors (Lipinski definition) is 0. The molecule has 20 heavy (non-hydrogen) atoms. The van der Waals surface area contributed by atoms with E-state index in [2.05, 4.69) is 0 Å². The van der Waals surface area contributed by atoms with E-state index in [1.807, 2.05) is 12.1 Å². The van der Waals surface area contributed by atoms with Gasteiger partial charge in [-0.15, -0.1) is 0 Å². The molecule has 2 rings (SSSR count). The van der Waals surface area contributed by atoms with Crippen LogP contribution in [0, 0.1) is 11.6 Å². The van der Waals surface area contributed by atoms with E-state index < -0.39 is 11.6 Å². The first-order chi connectivity index (χ1) is 9.58. The molecule has 2 aromatic rings. The lowest BCUT2D eigenvalue weighted by Crippen LogP contribution is -2.08. The predicted molar refractivity (Wildman–Crippen MR) is 71.8 cm³/mol. The van der Waals surface area contributed by atoms with Crippen molar-refractivity contribution in [3.05, 3.63) is 65.2 Å². The average molecular weight is 276 g/mol. The molecule has 0 N–H and O–H groups in total. The van der Waals surface area contributed by atoms with Crippen LogP contribution in [0.15, 0.2) is 42.5 Å². The molecule has 104 valence electrons. The molecule has 2 aromatic carbocycles. The molecule has 0 unspecified atom stereocenters. The van der Waals surface area contributed by atoms with Crippen molar-refractivity contribution in [2.75, 3.05) is 7.11 Å². The number of rotatable bonds is 5. The van der Waals surface area contributed by atoms with Crippen molar-refractivity contribution in [1.29, 1.82) is 0 Å². The molecule has 0 heterocycles. The van der Waals surface area contributed by atoms with Gasteiger partial charge >= 0.3 is 0 Å². The van der Waals surface area contributed by atoms with E-state index in [9.17, 15) is 13.6 Å². The molecule has 0 atom stereocenters. The van der Waals surface area contributed by atoms with Crippen LogP contribution in [0.5, 0.6) is 5.75 Å². The standard InChI is InChI=1S/C16H14F2O2/c1-20-16-5-3-2-4-12(16)9-15(19)8-11-6-13(17)10-14(18)7-11/h2-7,10H,8-9H2,1H3. The highest BCUT2D eigenvalue weighted by Crippen LogP contribution is 2.19. The molecule has 0 aliphatic carbocycles. The summed E-state index contributed by atoms with van der Waals surface area (Å²) >= 11 is 0. The van der Waals surface area contributed by atoms with Crippen molar-refractivity contribution in [3.63, 3.8) is 0 Å². The topological polar surface area (TPSA) is 26.3 Å². The number of ether oxygens (including phenoxy) is 1. The fourth-order valence-corrected chi connectivity index (χ4v) is 2.06. The maximum absolute atomic E-state index is 13.1. The van der Waals surface area contributed by atoms with Crippen LogP contribution in [0.4, 0.5) is 8.78 Å². The molecule has 0 aromatic heterocycles. The van der Waals surface area contributed by atoms with Gasteiger partial charge in [-0.1, -0.05) is 18.2 Å². The Labute approximate surface area is 116 Å². The van der Waals surface area contributed by atoms with Crippen molar-refractivity contribution in [1.82, 2.24) is 0 Å². The minimum atomic E-state index is -0.676. The summed E-state index contributed by atoms with van der Waals surface area (Å²) in [7, 11) is 1.53. The number of para-hydroxylation sites is 1. The molecule has 0 aliphatic rings. The Morgan fingerprint density at radius 1 is 1.05 bits per heavy atom. The first kappa shape index (κ1) is 14.2. The van der Waals surface area contributed by atoms with Crippen LogP contribution in [-0.4, -0.2) is 12.9 Å². The number of ketones is 1. The van der Waals surface area contributed by atoms with Gasteiger partial charge < -0.3 is 4.74 Å². The minimum Gasteiger partial charge on any atom is -0.496 e. The molecule has 4 heteroatoms. The highest BCUT2D eigenvalue weighted by Gasteiger charge is 2.10. The molecule has 2 nitrogen and oxygen atoms in total. The smallest absolute Gasteiger partial charge is 0.141 e. The van der Waals surface area contributed by atoms with Crippen molar-refractivity contribution < 1.29 is 18.3 Å². The lowest BCUT2D eigenvalue weighted by Gasteiger charge is -2.07. The Kier molecular flexibility index (Phi) is 4.45. The molecule has 0 radical (unpaired) electrons. The Balaban J connectivity index is 2.09. The summed E-state index contributed by atoms with van der Waals surface area (Å²) in [5.74, 6) is -0.846.